The number of hydrogen-bond acceptors (Lipinski definition) is 3. The van der Waals surface area contributed by atoms with Gasteiger partial charge in [-0.25, -0.2) is 0 Å². The molecular formula is C13H20N2O. The lowest BCUT2D eigenvalue weighted by atomic mass is 10.1. The standard InChI is InChI=1S/C13H20N2O/c1-11(9-12-5-3-2-4-6-12)15-7-8-16-13(14)10-15/h2-6,11,13H,7-10,14H2,1H3. The summed E-state index contributed by atoms with van der Waals surface area (Å²) in [6.07, 6.45) is 0.958. The van der Waals surface area contributed by atoms with Gasteiger partial charge in [0.2, 0.25) is 0 Å². The summed E-state index contributed by atoms with van der Waals surface area (Å²) in [4.78, 5) is 2.40. The Morgan fingerprint density at radius 1 is 1.44 bits per heavy atom. The van der Waals surface area contributed by atoms with E-state index in [2.05, 4.69) is 42.2 Å². The monoisotopic (exact) mass is 220 g/mol. The molecule has 0 bridgehead atoms. The molecule has 1 aromatic carbocycles. The summed E-state index contributed by atoms with van der Waals surface area (Å²) in [6.45, 7) is 4.83. The summed E-state index contributed by atoms with van der Waals surface area (Å²) in [6, 6.07) is 11.1. The topological polar surface area (TPSA) is 38.5 Å². The second kappa shape index (κ2) is 5.43. The minimum absolute atomic E-state index is 0.119. The van der Waals surface area contributed by atoms with E-state index in [1.807, 2.05) is 0 Å². The molecule has 0 radical (unpaired) electrons. The maximum absolute atomic E-state index is 5.79. The van der Waals surface area contributed by atoms with Crippen molar-refractivity contribution in [3.63, 3.8) is 0 Å². The lowest BCUT2D eigenvalue weighted by Gasteiger charge is -2.35. The van der Waals surface area contributed by atoms with Crippen LogP contribution in [0.15, 0.2) is 30.3 Å². The minimum Gasteiger partial charge on any atom is -0.361 e. The number of hydrogen-bond donors (Lipinski definition) is 1. The maximum atomic E-state index is 5.79. The Hall–Kier alpha value is -0.900. The first-order valence-corrected chi connectivity index (χ1v) is 5.91. The van der Waals surface area contributed by atoms with Crippen molar-refractivity contribution < 1.29 is 4.74 Å². The molecule has 2 N–H and O–H groups in total. The third kappa shape index (κ3) is 3.04. The number of benzene rings is 1. The van der Waals surface area contributed by atoms with Gasteiger partial charge in [0, 0.05) is 19.1 Å². The molecule has 1 aromatic rings. The van der Waals surface area contributed by atoms with Gasteiger partial charge in [-0.3, -0.25) is 4.90 Å². The molecule has 0 saturated carbocycles. The van der Waals surface area contributed by atoms with Crippen LogP contribution in [0.3, 0.4) is 0 Å². The molecule has 16 heavy (non-hydrogen) atoms. The zero-order chi connectivity index (χ0) is 11.4. The third-order valence-electron chi connectivity index (χ3n) is 3.12. The van der Waals surface area contributed by atoms with Crippen LogP contribution >= 0.6 is 0 Å². The average molecular weight is 220 g/mol. The van der Waals surface area contributed by atoms with Gasteiger partial charge in [0.25, 0.3) is 0 Å². The summed E-state index contributed by atoms with van der Waals surface area (Å²) in [7, 11) is 0. The second-order valence-corrected chi connectivity index (χ2v) is 4.44. The van der Waals surface area contributed by atoms with Crippen molar-refractivity contribution in [1.29, 1.82) is 0 Å². The molecule has 3 heteroatoms. The van der Waals surface area contributed by atoms with E-state index in [0.717, 1.165) is 26.1 Å². The van der Waals surface area contributed by atoms with Crippen LogP contribution in [0.2, 0.25) is 0 Å². The van der Waals surface area contributed by atoms with Crippen LogP contribution in [0, 0.1) is 0 Å². The van der Waals surface area contributed by atoms with Crippen molar-refractivity contribution in [2.45, 2.75) is 25.6 Å². The SMILES string of the molecule is CC(Cc1ccccc1)N1CCOC(N)C1. The number of rotatable bonds is 3. The highest BCUT2D eigenvalue weighted by molar-refractivity contribution is 5.15. The van der Waals surface area contributed by atoms with Crippen LogP contribution in [0.25, 0.3) is 0 Å². The van der Waals surface area contributed by atoms with Gasteiger partial charge in [-0.05, 0) is 18.9 Å². The van der Waals surface area contributed by atoms with E-state index in [1.165, 1.54) is 5.56 Å². The van der Waals surface area contributed by atoms with Gasteiger partial charge < -0.3 is 10.5 Å². The van der Waals surface area contributed by atoms with Gasteiger partial charge >= 0.3 is 0 Å². The maximum Gasteiger partial charge on any atom is 0.118 e. The number of morpholine rings is 1. The van der Waals surface area contributed by atoms with E-state index in [-0.39, 0.29) is 6.23 Å². The van der Waals surface area contributed by atoms with E-state index < -0.39 is 0 Å². The molecule has 1 aliphatic heterocycles. The Labute approximate surface area is 97.2 Å². The fourth-order valence-electron chi connectivity index (χ4n) is 2.18. The molecule has 1 heterocycles. The van der Waals surface area contributed by atoms with Crippen LogP contribution in [-0.2, 0) is 11.2 Å². The molecule has 1 aliphatic rings. The molecule has 0 aliphatic carbocycles. The van der Waals surface area contributed by atoms with Crippen LogP contribution < -0.4 is 5.73 Å². The normalized spacial score (nSPS) is 24.2. The fourth-order valence-corrected chi connectivity index (χ4v) is 2.18. The summed E-state index contributed by atoms with van der Waals surface area (Å²) in [5, 5.41) is 0. The minimum atomic E-state index is -0.119. The molecule has 0 aromatic heterocycles. The number of ether oxygens (including phenoxy) is 1. The van der Waals surface area contributed by atoms with Crippen molar-refractivity contribution in [1.82, 2.24) is 4.90 Å². The van der Waals surface area contributed by atoms with Crippen LogP contribution in [0.1, 0.15) is 12.5 Å². The first-order valence-electron chi connectivity index (χ1n) is 5.91. The molecular weight excluding hydrogens is 200 g/mol. The second-order valence-electron chi connectivity index (χ2n) is 4.44. The quantitative estimate of drug-likeness (QED) is 0.833. The van der Waals surface area contributed by atoms with Crippen LogP contribution in [0.4, 0.5) is 0 Å². The van der Waals surface area contributed by atoms with Crippen molar-refractivity contribution in [3.8, 4) is 0 Å². The molecule has 2 unspecified atom stereocenters. The predicted octanol–water partition coefficient (Wildman–Crippen LogP) is 1.23. The summed E-state index contributed by atoms with van der Waals surface area (Å²) in [5.41, 5.74) is 7.18. The molecule has 2 atom stereocenters. The lowest BCUT2D eigenvalue weighted by molar-refractivity contribution is -0.0373. The molecule has 1 saturated heterocycles. The smallest absolute Gasteiger partial charge is 0.118 e. The number of nitrogens with zero attached hydrogens (tertiary/aromatic N) is 1. The van der Waals surface area contributed by atoms with Crippen molar-refractivity contribution >= 4 is 0 Å². The van der Waals surface area contributed by atoms with Gasteiger partial charge in [0.1, 0.15) is 6.23 Å². The molecule has 3 nitrogen and oxygen atoms in total. The first kappa shape index (κ1) is 11.6. The van der Waals surface area contributed by atoms with Crippen molar-refractivity contribution in [2.24, 2.45) is 5.73 Å². The van der Waals surface area contributed by atoms with Crippen molar-refractivity contribution in [3.05, 3.63) is 35.9 Å². The largest absolute Gasteiger partial charge is 0.361 e. The Morgan fingerprint density at radius 2 is 2.19 bits per heavy atom. The average Bonchev–Trinajstić information content (AvgIpc) is 2.30. The first-order chi connectivity index (χ1) is 7.75. The van der Waals surface area contributed by atoms with Gasteiger partial charge in [0.15, 0.2) is 0 Å². The zero-order valence-electron chi connectivity index (χ0n) is 9.80. The molecule has 2 rings (SSSR count). The Morgan fingerprint density at radius 3 is 2.88 bits per heavy atom. The highest BCUT2D eigenvalue weighted by Gasteiger charge is 2.21. The van der Waals surface area contributed by atoms with E-state index in [0.29, 0.717) is 6.04 Å². The Bertz CT molecular complexity index is 315. The molecule has 1 fully saturated rings. The fraction of sp³-hybridized carbons (Fsp3) is 0.538. The highest BCUT2D eigenvalue weighted by atomic mass is 16.5. The van der Waals surface area contributed by atoms with Gasteiger partial charge in [-0.1, -0.05) is 30.3 Å². The molecule has 88 valence electrons. The van der Waals surface area contributed by atoms with Gasteiger partial charge in [0.05, 0.1) is 6.61 Å². The highest BCUT2D eigenvalue weighted by Crippen LogP contribution is 2.11. The summed E-state index contributed by atoms with van der Waals surface area (Å²) in [5.74, 6) is 0. The van der Waals surface area contributed by atoms with Gasteiger partial charge in [-0.15, -0.1) is 0 Å². The summed E-state index contributed by atoms with van der Waals surface area (Å²) < 4.78 is 5.34. The molecule has 0 spiro atoms. The Balaban J connectivity index is 1.90. The van der Waals surface area contributed by atoms with E-state index in [4.69, 9.17) is 10.5 Å². The van der Waals surface area contributed by atoms with Crippen molar-refractivity contribution in [2.75, 3.05) is 19.7 Å². The molecule has 0 amide bonds. The summed E-state index contributed by atoms with van der Waals surface area (Å²) >= 11 is 0. The third-order valence-corrected chi connectivity index (χ3v) is 3.12. The number of nitrogens with two attached hydrogens (primary N) is 1. The van der Waals surface area contributed by atoms with Crippen LogP contribution in [0.5, 0.6) is 0 Å². The van der Waals surface area contributed by atoms with Crippen LogP contribution in [-0.4, -0.2) is 36.9 Å². The lowest BCUT2D eigenvalue weighted by Crippen LogP contribution is -2.50. The van der Waals surface area contributed by atoms with Gasteiger partial charge in [-0.2, -0.15) is 0 Å². The van der Waals surface area contributed by atoms with E-state index in [1.54, 1.807) is 0 Å². The predicted molar refractivity (Wildman–Crippen MR) is 65.1 cm³/mol. The zero-order valence-corrected chi connectivity index (χ0v) is 9.80. The Kier molecular flexibility index (Phi) is 3.93. The van der Waals surface area contributed by atoms with E-state index >= 15 is 0 Å². The van der Waals surface area contributed by atoms with E-state index in [9.17, 15) is 0 Å².